The number of hydrogen-bond acceptors (Lipinski definition) is 7. The summed E-state index contributed by atoms with van der Waals surface area (Å²) in [5, 5.41) is 19.8. The number of fused-ring (bicyclic) bond motifs is 2. The van der Waals surface area contributed by atoms with Crippen LogP contribution >= 0.6 is 0 Å². The van der Waals surface area contributed by atoms with E-state index in [9.17, 15) is 10.2 Å². The van der Waals surface area contributed by atoms with E-state index in [0.29, 0.717) is 23.1 Å². The van der Waals surface area contributed by atoms with Crippen molar-refractivity contribution in [3.8, 4) is 11.5 Å². The third-order valence-corrected chi connectivity index (χ3v) is 4.41. The number of aliphatic hydroxyl groups excluding tert-OH is 1. The summed E-state index contributed by atoms with van der Waals surface area (Å²) in [6, 6.07) is 3.62. The molecule has 7 heteroatoms. The monoisotopic (exact) mass is 349 g/mol. The van der Waals surface area contributed by atoms with Crippen LogP contribution in [0.15, 0.2) is 29.5 Å². The Kier molecular flexibility index (Phi) is 4.73. The fourth-order valence-electron chi connectivity index (χ4n) is 2.86. The summed E-state index contributed by atoms with van der Waals surface area (Å²) in [6.07, 6.45) is 2.24. The zero-order valence-electron chi connectivity index (χ0n) is 14.7. The van der Waals surface area contributed by atoms with Crippen LogP contribution in [-0.4, -0.2) is 48.6 Å². The van der Waals surface area contributed by atoms with E-state index >= 15 is 0 Å². The van der Waals surface area contributed by atoms with Crippen molar-refractivity contribution < 1.29 is 29.2 Å². The van der Waals surface area contributed by atoms with E-state index in [0.717, 1.165) is 5.56 Å². The quantitative estimate of drug-likeness (QED) is 0.817. The van der Waals surface area contributed by atoms with Crippen LogP contribution in [0, 0.1) is 5.92 Å². The minimum Gasteiger partial charge on any atom is -0.491 e. The van der Waals surface area contributed by atoms with Gasteiger partial charge >= 0.3 is 0 Å². The van der Waals surface area contributed by atoms with E-state index < -0.39 is 11.7 Å². The molecule has 0 bridgehead atoms. The van der Waals surface area contributed by atoms with Crippen LogP contribution in [0.1, 0.15) is 25.5 Å². The first-order valence-corrected chi connectivity index (χ1v) is 8.05. The zero-order chi connectivity index (χ0) is 18.2. The van der Waals surface area contributed by atoms with Crippen molar-refractivity contribution in [2.45, 2.75) is 31.7 Å². The lowest BCUT2D eigenvalue weighted by atomic mass is 9.91. The van der Waals surface area contributed by atoms with Crippen molar-refractivity contribution in [1.29, 1.82) is 0 Å². The van der Waals surface area contributed by atoms with Gasteiger partial charge in [0.15, 0.2) is 11.5 Å². The van der Waals surface area contributed by atoms with Crippen molar-refractivity contribution >= 4 is 11.6 Å². The summed E-state index contributed by atoms with van der Waals surface area (Å²) >= 11 is 0. The van der Waals surface area contributed by atoms with Crippen LogP contribution in [0.5, 0.6) is 11.5 Å². The molecule has 2 aliphatic heterocycles. The lowest BCUT2D eigenvalue weighted by Crippen LogP contribution is -2.40. The van der Waals surface area contributed by atoms with Crippen LogP contribution in [-0.2, 0) is 9.47 Å². The summed E-state index contributed by atoms with van der Waals surface area (Å²) < 4.78 is 22.2. The summed E-state index contributed by atoms with van der Waals surface area (Å²) in [5.41, 5.74) is 0.192. The highest BCUT2D eigenvalue weighted by Gasteiger charge is 2.37. The highest BCUT2D eigenvalue weighted by molar-refractivity contribution is 5.90. The number of ether oxygens (including phenoxy) is 4. The molecule has 136 valence electrons. The number of hydrogen-bond donors (Lipinski definition) is 2. The third kappa shape index (κ3) is 3.22. The number of aliphatic imine (C=N–C) groups is 1. The number of aliphatic hydroxyl groups is 2. The topological polar surface area (TPSA) is 89.7 Å². The van der Waals surface area contributed by atoms with Crippen LogP contribution in [0.25, 0.3) is 0 Å². The molecule has 0 radical (unpaired) electrons. The van der Waals surface area contributed by atoms with Crippen LogP contribution < -0.4 is 9.47 Å². The Labute approximate surface area is 146 Å². The van der Waals surface area contributed by atoms with E-state index in [1.807, 2.05) is 12.1 Å². The molecule has 0 saturated carbocycles. The Balaban J connectivity index is 1.94. The second kappa shape index (κ2) is 6.67. The van der Waals surface area contributed by atoms with Crippen LogP contribution in [0.2, 0.25) is 0 Å². The molecule has 2 aliphatic rings. The second-order valence-electron chi connectivity index (χ2n) is 6.59. The number of benzene rings is 1. The number of rotatable bonds is 6. The molecule has 1 aromatic rings. The molecule has 7 nitrogen and oxygen atoms in total. The Morgan fingerprint density at radius 2 is 2.08 bits per heavy atom. The van der Waals surface area contributed by atoms with Gasteiger partial charge in [-0.25, -0.2) is 4.99 Å². The predicted molar refractivity (Wildman–Crippen MR) is 91.4 cm³/mol. The first-order chi connectivity index (χ1) is 11.9. The molecule has 3 rings (SSSR count). The van der Waals surface area contributed by atoms with Crippen LogP contribution in [0.4, 0.5) is 5.69 Å². The van der Waals surface area contributed by atoms with E-state index in [1.54, 1.807) is 19.4 Å². The van der Waals surface area contributed by atoms with E-state index in [4.69, 9.17) is 18.9 Å². The largest absolute Gasteiger partial charge is 0.491 e. The first kappa shape index (κ1) is 17.7. The second-order valence-corrected chi connectivity index (χ2v) is 6.59. The first-order valence-electron chi connectivity index (χ1n) is 8.05. The molecule has 0 spiro atoms. The Hall–Kier alpha value is -2.09. The molecule has 2 N–H and O–H groups in total. The normalized spacial score (nSPS) is 22.6. The van der Waals surface area contributed by atoms with Gasteiger partial charge in [0.25, 0.3) is 0 Å². The molecular formula is C18H23NO6. The fourth-order valence-corrected chi connectivity index (χ4v) is 2.86. The maximum absolute atomic E-state index is 9.96. The van der Waals surface area contributed by atoms with Crippen molar-refractivity contribution in [2.24, 2.45) is 10.9 Å². The Morgan fingerprint density at radius 3 is 2.72 bits per heavy atom. The summed E-state index contributed by atoms with van der Waals surface area (Å²) in [6.45, 7) is 2.96. The molecule has 25 heavy (non-hydrogen) atoms. The molecule has 1 aromatic carbocycles. The van der Waals surface area contributed by atoms with Gasteiger partial charge in [-0.15, -0.1) is 0 Å². The van der Waals surface area contributed by atoms with Crippen molar-refractivity contribution in [3.05, 3.63) is 30.0 Å². The highest BCUT2D eigenvalue weighted by atomic mass is 16.5. The third-order valence-electron chi connectivity index (χ3n) is 4.41. The summed E-state index contributed by atoms with van der Waals surface area (Å²) in [5.74, 6) is 1.34. The van der Waals surface area contributed by atoms with Gasteiger partial charge in [-0.2, -0.15) is 0 Å². The number of methoxy groups -OCH3 is 2. The lowest BCUT2D eigenvalue weighted by molar-refractivity contribution is -0.0663. The molecule has 0 aromatic heterocycles. The lowest BCUT2D eigenvalue weighted by Gasteiger charge is -2.28. The molecule has 0 aliphatic carbocycles. The summed E-state index contributed by atoms with van der Waals surface area (Å²) in [7, 11) is 3.16. The molecule has 2 heterocycles. The molecule has 3 atom stereocenters. The average molecular weight is 349 g/mol. The van der Waals surface area contributed by atoms with Gasteiger partial charge in [-0.1, -0.05) is 6.07 Å². The molecule has 0 amide bonds. The predicted octanol–water partition coefficient (Wildman–Crippen LogP) is 2.10. The SMILES string of the molecule is COc1c(OC[C@H](O)C(C)(C)O)ccc2c1N=C1OC=C[C@@H]1[C@H]2OC. The van der Waals surface area contributed by atoms with Gasteiger partial charge in [0, 0.05) is 12.7 Å². The van der Waals surface area contributed by atoms with Crippen molar-refractivity contribution in [3.63, 3.8) is 0 Å². The van der Waals surface area contributed by atoms with Gasteiger partial charge < -0.3 is 29.2 Å². The van der Waals surface area contributed by atoms with Gasteiger partial charge in [0.2, 0.25) is 5.90 Å². The van der Waals surface area contributed by atoms with E-state index in [1.165, 1.54) is 21.0 Å². The molecule has 0 unspecified atom stereocenters. The Morgan fingerprint density at radius 1 is 1.32 bits per heavy atom. The maximum Gasteiger partial charge on any atom is 0.204 e. The minimum absolute atomic E-state index is 0.0639. The average Bonchev–Trinajstić information content (AvgIpc) is 3.04. The molecule has 0 saturated heterocycles. The fraction of sp³-hybridized carbons (Fsp3) is 0.500. The molecular weight excluding hydrogens is 326 g/mol. The van der Waals surface area contributed by atoms with Gasteiger partial charge in [-0.3, -0.25) is 0 Å². The Bertz CT molecular complexity index is 706. The standard InChI is InChI=1S/C18H23NO6/c1-18(2,21)13(20)9-25-12-6-5-10-14(16(12)23-4)19-17-11(7-8-24-17)15(10)22-3/h5-8,11,13,15,20-21H,9H2,1-4H3/t11-,13+,15+/m1/s1. The van der Waals surface area contributed by atoms with Gasteiger partial charge in [0.1, 0.15) is 18.4 Å². The smallest absolute Gasteiger partial charge is 0.204 e. The van der Waals surface area contributed by atoms with Gasteiger partial charge in [0.05, 0.1) is 31.0 Å². The zero-order valence-corrected chi connectivity index (χ0v) is 14.7. The maximum atomic E-state index is 9.96. The van der Waals surface area contributed by atoms with E-state index in [2.05, 4.69) is 4.99 Å². The minimum atomic E-state index is -1.26. The highest BCUT2D eigenvalue weighted by Crippen LogP contribution is 2.49. The van der Waals surface area contributed by atoms with E-state index in [-0.39, 0.29) is 18.6 Å². The number of nitrogens with zero attached hydrogens (tertiary/aromatic N) is 1. The summed E-state index contributed by atoms with van der Waals surface area (Å²) in [4.78, 5) is 4.55. The van der Waals surface area contributed by atoms with Crippen LogP contribution in [0.3, 0.4) is 0 Å². The van der Waals surface area contributed by atoms with Crippen molar-refractivity contribution in [1.82, 2.24) is 0 Å². The molecule has 0 fully saturated rings. The van der Waals surface area contributed by atoms with Crippen molar-refractivity contribution in [2.75, 3.05) is 20.8 Å². The van der Waals surface area contributed by atoms with Gasteiger partial charge in [-0.05, 0) is 26.0 Å².